The minimum atomic E-state index is -0.167. The van der Waals surface area contributed by atoms with Crippen LogP contribution < -0.4 is 5.32 Å². The van der Waals surface area contributed by atoms with Crippen molar-refractivity contribution < 1.29 is 9.59 Å². The van der Waals surface area contributed by atoms with Gasteiger partial charge in [-0.05, 0) is 37.1 Å². The second-order valence-electron chi connectivity index (χ2n) is 5.10. The first-order valence-corrected chi connectivity index (χ1v) is 7.04. The molecule has 104 valence electrons. The Balaban J connectivity index is 1.67. The number of hydrogen-bond acceptors (Lipinski definition) is 3. The number of carbonyl (C=O) groups excluding carboxylic acids is 2. The molecule has 1 aromatic carbocycles. The van der Waals surface area contributed by atoms with Crippen LogP contribution in [0.2, 0.25) is 5.02 Å². The average molecular weight is 291 g/mol. The zero-order chi connectivity index (χ0) is 14.1. The zero-order valence-electron chi connectivity index (χ0n) is 10.9. The van der Waals surface area contributed by atoms with Crippen molar-refractivity contribution in [1.29, 1.82) is 0 Å². The number of allylic oxidation sites excluding steroid dienone is 2. The van der Waals surface area contributed by atoms with Crippen molar-refractivity contribution in [2.24, 2.45) is 11.8 Å². The molecular weight excluding hydrogens is 276 g/mol. The molecule has 5 heteroatoms. The van der Waals surface area contributed by atoms with E-state index in [1.165, 1.54) is 4.90 Å². The molecular formula is C15H15ClN2O2. The molecule has 1 aliphatic carbocycles. The van der Waals surface area contributed by atoms with E-state index in [1.54, 1.807) is 12.1 Å². The molecule has 0 spiro atoms. The van der Waals surface area contributed by atoms with Gasteiger partial charge in [-0.15, -0.1) is 0 Å². The van der Waals surface area contributed by atoms with Crippen LogP contribution in [-0.2, 0) is 9.59 Å². The van der Waals surface area contributed by atoms with Crippen molar-refractivity contribution >= 4 is 29.1 Å². The van der Waals surface area contributed by atoms with Crippen LogP contribution in [0.3, 0.4) is 0 Å². The standard InChI is InChI=1S/C15H15ClN2O2/c16-10-5-7-11(8-6-10)17-9-18-14(19)12-3-1-2-4-13(12)15(18)20/h1-2,5-8,12-13,17H,3-4,9H2/t12-,13-/m0/s1. The van der Waals surface area contributed by atoms with Gasteiger partial charge in [0.1, 0.15) is 0 Å². The van der Waals surface area contributed by atoms with Gasteiger partial charge in [-0.2, -0.15) is 0 Å². The summed E-state index contributed by atoms with van der Waals surface area (Å²) in [5.74, 6) is -0.462. The highest BCUT2D eigenvalue weighted by Gasteiger charge is 2.46. The highest BCUT2D eigenvalue weighted by molar-refractivity contribution is 6.30. The number of fused-ring (bicyclic) bond motifs is 1. The molecule has 0 unspecified atom stereocenters. The third-order valence-corrected chi connectivity index (χ3v) is 4.14. The minimum absolute atomic E-state index is 0.0641. The van der Waals surface area contributed by atoms with Gasteiger partial charge >= 0.3 is 0 Å². The Bertz CT molecular complexity index is 542. The van der Waals surface area contributed by atoms with Crippen LogP contribution in [0.1, 0.15) is 12.8 Å². The molecule has 1 saturated heterocycles. The predicted octanol–water partition coefficient (Wildman–Crippen LogP) is 2.66. The van der Waals surface area contributed by atoms with Crippen LogP contribution in [0.25, 0.3) is 0 Å². The van der Waals surface area contributed by atoms with Crippen molar-refractivity contribution in [2.45, 2.75) is 12.8 Å². The lowest BCUT2D eigenvalue weighted by Gasteiger charge is -2.16. The fourth-order valence-corrected chi connectivity index (χ4v) is 2.89. The Hall–Kier alpha value is -1.81. The van der Waals surface area contributed by atoms with Crippen LogP contribution in [0.4, 0.5) is 5.69 Å². The quantitative estimate of drug-likeness (QED) is 0.688. The van der Waals surface area contributed by atoms with Crippen LogP contribution in [0, 0.1) is 11.8 Å². The number of likely N-dealkylation sites (tertiary alicyclic amines) is 1. The summed E-state index contributed by atoms with van der Waals surface area (Å²) < 4.78 is 0. The molecule has 3 rings (SSSR count). The average Bonchev–Trinajstić information content (AvgIpc) is 2.71. The van der Waals surface area contributed by atoms with Crippen molar-refractivity contribution in [3.8, 4) is 0 Å². The number of benzene rings is 1. The van der Waals surface area contributed by atoms with E-state index in [9.17, 15) is 9.59 Å². The Kier molecular flexibility index (Phi) is 3.49. The molecule has 1 fully saturated rings. The van der Waals surface area contributed by atoms with Gasteiger partial charge in [-0.3, -0.25) is 14.5 Å². The molecule has 1 N–H and O–H groups in total. The monoisotopic (exact) mass is 290 g/mol. The van der Waals surface area contributed by atoms with E-state index in [2.05, 4.69) is 5.32 Å². The Labute approximate surface area is 122 Å². The number of rotatable bonds is 3. The van der Waals surface area contributed by atoms with E-state index in [-0.39, 0.29) is 30.3 Å². The molecule has 0 saturated carbocycles. The van der Waals surface area contributed by atoms with Gasteiger partial charge < -0.3 is 5.32 Å². The van der Waals surface area contributed by atoms with Crippen molar-refractivity contribution in [2.75, 3.05) is 12.0 Å². The maximum atomic E-state index is 12.2. The van der Waals surface area contributed by atoms with Crippen LogP contribution in [0.15, 0.2) is 36.4 Å². The van der Waals surface area contributed by atoms with Gasteiger partial charge in [-0.1, -0.05) is 23.8 Å². The first-order chi connectivity index (χ1) is 9.66. The SMILES string of the molecule is O=C1[C@H]2CC=CC[C@@H]2C(=O)N1CNc1ccc(Cl)cc1. The summed E-state index contributed by atoms with van der Waals surface area (Å²) >= 11 is 5.81. The minimum Gasteiger partial charge on any atom is -0.367 e. The Morgan fingerprint density at radius 1 is 1.05 bits per heavy atom. The maximum Gasteiger partial charge on any atom is 0.234 e. The third kappa shape index (κ3) is 2.31. The Morgan fingerprint density at radius 2 is 1.60 bits per heavy atom. The first-order valence-electron chi connectivity index (χ1n) is 6.66. The molecule has 0 radical (unpaired) electrons. The predicted molar refractivity (Wildman–Crippen MR) is 77.1 cm³/mol. The fourth-order valence-electron chi connectivity index (χ4n) is 2.76. The summed E-state index contributed by atoms with van der Waals surface area (Å²) in [6.45, 7) is 0.215. The van der Waals surface area contributed by atoms with Gasteiger partial charge in [0, 0.05) is 10.7 Å². The topological polar surface area (TPSA) is 49.4 Å². The lowest BCUT2D eigenvalue weighted by atomic mass is 9.85. The summed E-state index contributed by atoms with van der Waals surface area (Å²) in [5.41, 5.74) is 0.836. The molecule has 2 aliphatic rings. The second-order valence-corrected chi connectivity index (χ2v) is 5.54. The molecule has 1 aliphatic heterocycles. The number of nitrogens with zero attached hydrogens (tertiary/aromatic N) is 1. The van der Waals surface area contributed by atoms with E-state index in [0.717, 1.165) is 5.69 Å². The summed E-state index contributed by atoms with van der Waals surface area (Å²) in [7, 11) is 0. The first kappa shape index (κ1) is 13.2. The molecule has 20 heavy (non-hydrogen) atoms. The van der Waals surface area contributed by atoms with Crippen LogP contribution in [0.5, 0.6) is 0 Å². The third-order valence-electron chi connectivity index (χ3n) is 3.88. The second kappa shape index (κ2) is 5.29. The van der Waals surface area contributed by atoms with Gasteiger partial charge in [0.2, 0.25) is 11.8 Å². The van der Waals surface area contributed by atoms with Gasteiger partial charge in [0.15, 0.2) is 0 Å². The number of carbonyl (C=O) groups is 2. The lowest BCUT2D eigenvalue weighted by Crippen LogP contribution is -2.35. The highest BCUT2D eigenvalue weighted by atomic mass is 35.5. The molecule has 2 amide bonds. The summed E-state index contributed by atoms with van der Waals surface area (Å²) in [5, 5.41) is 3.74. The number of amides is 2. The maximum absolute atomic E-state index is 12.2. The molecule has 1 aromatic rings. The van der Waals surface area contributed by atoms with Crippen molar-refractivity contribution in [3.05, 3.63) is 41.4 Å². The molecule has 1 heterocycles. The largest absolute Gasteiger partial charge is 0.367 e. The number of anilines is 1. The molecule has 0 bridgehead atoms. The van der Waals surface area contributed by atoms with Crippen LogP contribution >= 0.6 is 11.6 Å². The smallest absolute Gasteiger partial charge is 0.234 e. The van der Waals surface area contributed by atoms with Gasteiger partial charge in [0.25, 0.3) is 0 Å². The van der Waals surface area contributed by atoms with E-state index in [1.807, 2.05) is 24.3 Å². The van der Waals surface area contributed by atoms with E-state index < -0.39 is 0 Å². The number of hydrogen-bond donors (Lipinski definition) is 1. The van der Waals surface area contributed by atoms with Crippen LogP contribution in [-0.4, -0.2) is 23.4 Å². The molecule has 0 aromatic heterocycles. The van der Waals surface area contributed by atoms with Crippen molar-refractivity contribution in [3.63, 3.8) is 0 Å². The van der Waals surface area contributed by atoms with E-state index >= 15 is 0 Å². The molecule has 2 atom stereocenters. The van der Waals surface area contributed by atoms with E-state index in [4.69, 9.17) is 11.6 Å². The highest BCUT2D eigenvalue weighted by Crippen LogP contribution is 2.34. The van der Waals surface area contributed by atoms with Gasteiger partial charge in [0.05, 0.1) is 18.5 Å². The normalized spacial score (nSPS) is 24.9. The number of nitrogens with one attached hydrogen (secondary N) is 1. The summed E-state index contributed by atoms with van der Waals surface area (Å²) in [6, 6.07) is 7.17. The molecule has 4 nitrogen and oxygen atoms in total. The fraction of sp³-hybridized carbons (Fsp3) is 0.333. The Morgan fingerprint density at radius 3 is 2.15 bits per heavy atom. The lowest BCUT2D eigenvalue weighted by molar-refractivity contribution is -0.139. The van der Waals surface area contributed by atoms with E-state index in [0.29, 0.717) is 17.9 Å². The summed E-state index contributed by atoms with van der Waals surface area (Å²) in [6.07, 6.45) is 5.32. The van der Waals surface area contributed by atoms with Crippen molar-refractivity contribution in [1.82, 2.24) is 4.90 Å². The number of halogens is 1. The summed E-state index contributed by atoms with van der Waals surface area (Å²) in [4.78, 5) is 25.8. The zero-order valence-corrected chi connectivity index (χ0v) is 11.6. The number of imide groups is 1. The van der Waals surface area contributed by atoms with Gasteiger partial charge in [-0.25, -0.2) is 0 Å².